The summed E-state index contributed by atoms with van der Waals surface area (Å²) in [7, 11) is 0. The van der Waals surface area contributed by atoms with Gasteiger partial charge in [-0.1, -0.05) is 27.7 Å². The summed E-state index contributed by atoms with van der Waals surface area (Å²) in [6.45, 7) is 9.56. The van der Waals surface area contributed by atoms with Gasteiger partial charge in [0.25, 0.3) is 0 Å². The zero-order chi connectivity index (χ0) is 22.4. The molecule has 1 amide bonds. The second-order valence-electron chi connectivity index (χ2n) is 8.96. The van der Waals surface area contributed by atoms with Crippen molar-refractivity contribution >= 4 is 23.4 Å². The Morgan fingerprint density at radius 3 is 2.17 bits per heavy atom. The van der Waals surface area contributed by atoms with Crippen LogP contribution in [-0.2, 0) is 19.2 Å². The minimum Gasteiger partial charge on any atom is -0.480 e. The molecule has 1 fully saturated rings. The van der Waals surface area contributed by atoms with E-state index >= 15 is 0 Å². The van der Waals surface area contributed by atoms with Crippen LogP contribution in [0.3, 0.4) is 0 Å². The van der Waals surface area contributed by atoms with Crippen molar-refractivity contribution in [2.45, 2.75) is 78.8 Å². The van der Waals surface area contributed by atoms with E-state index in [1.165, 1.54) is 0 Å². The Balaban J connectivity index is 2.43. The quantitative estimate of drug-likeness (QED) is 0.244. The van der Waals surface area contributed by atoms with Gasteiger partial charge in [-0.3, -0.25) is 14.4 Å². The zero-order valence-corrected chi connectivity index (χ0v) is 18.1. The number of hydrogen-bond acceptors (Lipinski definition) is 6. The number of aliphatic carboxylic acids is 1. The van der Waals surface area contributed by atoms with E-state index in [2.05, 4.69) is 10.6 Å². The van der Waals surface area contributed by atoms with Gasteiger partial charge in [0.05, 0.1) is 11.6 Å². The molecule has 1 saturated carbocycles. The van der Waals surface area contributed by atoms with Crippen LogP contribution in [0.2, 0.25) is 0 Å². The lowest BCUT2D eigenvalue weighted by atomic mass is 9.73. The van der Waals surface area contributed by atoms with Crippen LogP contribution < -0.4 is 16.4 Å². The van der Waals surface area contributed by atoms with Gasteiger partial charge in [-0.15, -0.1) is 0 Å². The highest BCUT2D eigenvalue weighted by molar-refractivity contribution is 6.22. The van der Waals surface area contributed by atoms with Crippen molar-refractivity contribution in [3.8, 4) is 0 Å². The predicted octanol–water partition coefficient (Wildman–Crippen LogP) is 1.53. The molecule has 0 spiro atoms. The van der Waals surface area contributed by atoms with Gasteiger partial charge in [0.15, 0.2) is 11.6 Å². The number of carboxylic acid groups (broad SMARTS) is 1. The first-order valence-electron chi connectivity index (χ1n) is 10.2. The summed E-state index contributed by atoms with van der Waals surface area (Å²) in [4.78, 5) is 47.8. The van der Waals surface area contributed by atoms with E-state index in [0.717, 1.165) is 0 Å². The monoisotopic (exact) mass is 409 g/mol. The predicted molar refractivity (Wildman–Crippen MR) is 110 cm³/mol. The average Bonchev–Trinajstić information content (AvgIpc) is 2.56. The summed E-state index contributed by atoms with van der Waals surface area (Å²) in [5, 5.41) is 14.7. The van der Waals surface area contributed by atoms with E-state index in [1.54, 1.807) is 20.8 Å². The molecule has 0 aromatic carbocycles. The van der Waals surface area contributed by atoms with Crippen molar-refractivity contribution in [2.24, 2.45) is 17.1 Å². The van der Waals surface area contributed by atoms with E-state index in [1.807, 2.05) is 13.8 Å². The third-order valence-electron chi connectivity index (χ3n) is 5.11. The maximum absolute atomic E-state index is 12.3. The Bertz CT molecular complexity index is 660. The van der Waals surface area contributed by atoms with E-state index in [4.69, 9.17) is 10.8 Å². The number of hydrogen-bond donors (Lipinski definition) is 4. The van der Waals surface area contributed by atoms with Crippen LogP contribution in [0.5, 0.6) is 0 Å². The Labute approximate surface area is 172 Å². The summed E-state index contributed by atoms with van der Waals surface area (Å²) < 4.78 is 0. The zero-order valence-electron chi connectivity index (χ0n) is 18.1. The van der Waals surface area contributed by atoms with Gasteiger partial charge in [-0.05, 0) is 37.5 Å². The molecule has 1 aliphatic rings. The minimum atomic E-state index is -1.08. The van der Waals surface area contributed by atoms with Crippen molar-refractivity contribution in [2.75, 3.05) is 6.54 Å². The normalized spacial score (nSPS) is 18.4. The van der Waals surface area contributed by atoms with Gasteiger partial charge in [-0.25, -0.2) is 4.79 Å². The van der Waals surface area contributed by atoms with Gasteiger partial charge < -0.3 is 21.5 Å². The molecule has 0 heterocycles. The Morgan fingerprint density at radius 2 is 1.69 bits per heavy atom. The van der Waals surface area contributed by atoms with E-state index in [-0.39, 0.29) is 28.5 Å². The van der Waals surface area contributed by atoms with Crippen molar-refractivity contribution in [3.05, 3.63) is 11.3 Å². The van der Waals surface area contributed by atoms with E-state index in [9.17, 15) is 19.2 Å². The molecule has 8 nitrogen and oxygen atoms in total. The van der Waals surface area contributed by atoms with Gasteiger partial charge >= 0.3 is 5.97 Å². The van der Waals surface area contributed by atoms with Gasteiger partial charge in [0.2, 0.25) is 5.91 Å². The molecular weight excluding hydrogens is 374 g/mol. The second-order valence-corrected chi connectivity index (χ2v) is 8.96. The lowest BCUT2D eigenvalue weighted by molar-refractivity contribution is -0.143. The van der Waals surface area contributed by atoms with Gasteiger partial charge in [0.1, 0.15) is 6.04 Å². The molecule has 0 unspecified atom stereocenters. The van der Waals surface area contributed by atoms with Crippen LogP contribution in [0.4, 0.5) is 0 Å². The molecule has 2 atom stereocenters. The summed E-state index contributed by atoms with van der Waals surface area (Å²) in [5.41, 5.74) is 6.44. The number of ketones is 2. The molecular formula is C21H35N3O5. The third kappa shape index (κ3) is 7.61. The van der Waals surface area contributed by atoms with Crippen LogP contribution in [0.25, 0.3) is 0 Å². The number of unbranched alkanes of at least 4 members (excludes halogenated alkanes) is 1. The molecule has 0 saturated heterocycles. The fourth-order valence-corrected chi connectivity index (χ4v) is 3.44. The standard InChI is InChI=1S/C21H35N3O5/c1-12(2)18(20(28)29)24-19(27)14(22)8-6-7-9-23-13(3)17-15(25)10-21(4,5)11-16(17)26/h12,14,18,23H,6-11,22H2,1-5H3,(H,24,27)(H,28,29)/t14-,18-/m0/s1. The molecule has 164 valence electrons. The van der Waals surface area contributed by atoms with Crippen LogP contribution in [0, 0.1) is 11.3 Å². The topological polar surface area (TPSA) is 139 Å². The molecule has 0 aliphatic heterocycles. The summed E-state index contributed by atoms with van der Waals surface area (Å²) in [5.74, 6) is -2.03. The highest BCUT2D eigenvalue weighted by atomic mass is 16.4. The first-order valence-corrected chi connectivity index (χ1v) is 10.2. The fourth-order valence-electron chi connectivity index (χ4n) is 3.44. The lowest BCUT2D eigenvalue weighted by Crippen LogP contribution is -2.50. The average molecular weight is 410 g/mol. The van der Waals surface area contributed by atoms with Crippen molar-refractivity contribution < 1.29 is 24.3 Å². The summed E-state index contributed by atoms with van der Waals surface area (Å²) in [6, 6.07) is -1.74. The number of carbonyl (C=O) groups excluding carboxylic acids is 3. The molecule has 0 radical (unpaired) electrons. The van der Waals surface area contributed by atoms with Crippen LogP contribution in [0.15, 0.2) is 11.3 Å². The maximum Gasteiger partial charge on any atom is 0.326 e. The van der Waals surface area contributed by atoms with E-state index in [0.29, 0.717) is 44.3 Å². The Kier molecular flexibility index (Phi) is 9.01. The SMILES string of the molecule is CC(NCCCC[C@H](N)C(=O)N[C@H](C(=O)O)C(C)C)=C1C(=O)CC(C)(C)CC1=O. The third-order valence-corrected chi connectivity index (χ3v) is 5.11. The largest absolute Gasteiger partial charge is 0.480 e. The number of amides is 1. The molecule has 29 heavy (non-hydrogen) atoms. The molecule has 1 aliphatic carbocycles. The van der Waals surface area contributed by atoms with Crippen molar-refractivity contribution in [1.82, 2.24) is 10.6 Å². The highest BCUT2D eigenvalue weighted by Gasteiger charge is 2.36. The number of rotatable bonds is 10. The molecule has 8 heteroatoms. The van der Waals surface area contributed by atoms with Crippen molar-refractivity contribution in [1.29, 1.82) is 0 Å². The smallest absolute Gasteiger partial charge is 0.326 e. The van der Waals surface area contributed by atoms with Crippen molar-refractivity contribution in [3.63, 3.8) is 0 Å². The first kappa shape index (κ1) is 24.8. The number of nitrogens with one attached hydrogen (secondary N) is 2. The molecule has 0 aromatic rings. The molecule has 0 aromatic heterocycles. The minimum absolute atomic E-state index is 0.118. The van der Waals surface area contributed by atoms with Gasteiger partial charge in [-0.2, -0.15) is 0 Å². The molecule has 5 N–H and O–H groups in total. The Morgan fingerprint density at radius 1 is 1.14 bits per heavy atom. The van der Waals surface area contributed by atoms with E-state index < -0.39 is 24.0 Å². The first-order chi connectivity index (χ1) is 13.4. The van der Waals surface area contributed by atoms with Crippen LogP contribution in [0.1, 0.15) is 66.7 Å². The second kappa shape index (κ2) is 10.5. The number of allylic oxidation sites excluding steroid dienone is 2. The Hall–Kier alpha value is -2.22. The number of carboxylic acids is 1. The number of carbonyl (C=O) groups is 4. The van der Waals surface area contributed by atoms with Crippen LogP contribution in [-0.4, -0.2) is 47.2 Å². The van der Waals surface area contributed by atoms with Gasteiger partial charge in [0, 0.05) is 25.1 Å². The fraction of sp³-hybridized carbons (Fsp3) is 0.714. The summed E-state index contributed by atoms with van der Waals surface area (Å²) >= 11 is 0. The lowest BCUT2D eigenvalue weighted by Gasteiger charge is -2.29. The number of nitrogens with two attached hydrogens (primary N) is 1. The molecule has 1 rings (SSSR count). The molecule has 0 bridgehead atoms. The maximum atomic E-state index is 12.3. The van der Waals surface area contributed by atoms with Crippen LogP contribution >= 0.6 is 0 Å². The highest BCUT2D eigenvalue weighted by Crippen LogP contribution is 2.34. The summed E-state index contributed by atoms with van der Waals surface area (Å²) in [6.07, 6.45) is 2.50. The number of Topliss-reactive ketones (excluding diaryl/α,β-unsaturated/α-hetero) is 2.